The molecule has 0 aliphatic carbocycles. The second kappa shape index (κ2) is 6.62. The summed E-state index contributed by atoms with van der Waals surface area (Å²) in [6, 6.07) is 5.88. The monoisotopic (exact) mass is 308 g/mol. The molecule has 1 aromatic heterocycles. The first-order valence-electron chi connectivity index (χ1n) is 6.55. The molecule has 1 heterocycles. The summed E-state index contributed by atoms with van der Waals surface area (Å²) < 4.78 is 6.13. The number of hydrogen-bond acceptors (Lipinski definition) is 4. The van der Waals surface area contributed by atoms with Crippen molar-refractivity contribution in [2.45, 2.75) is 25.3 Å². The molecular formula is C14H18N3O3S+. The number of amides is 1. The first-order chi connectivity index (χ1) is 9.97. The summed E-state index contributed by atoms with van der Waals surface area (Å²) >= 11 is 1.29. The highest BCUT2D eigenvalue weighted by atomic mass is 32.2. The van der Waals surface area contributed by atoms with E-state index in [9.17, 15) is 9.59 Å². The average Bonchev–Trinajstić information content (AvgIpc) is 2.74. The molecule has 0 atom stereocenters. The molecule has 0 unspecified atom stereocenters. The molecule has 0 saturated heterocycles. The highest BCUT2D eigenvalue weighted by molar-refractivity contribution is 7.99. The smallest absolute Gasteiger partial charge is 0.326 e. The Hall–Kier alpha value is -2.02. The first kappa shape index (κ1) is 15.4. The van der Waals surface area contributed by atoms with Gasteiger partial charge in [0.25, 0.3) is 0 Å². The Kier molecular flexibility index (Phi) is 4.85. The average molecular weight is 308 g/mol. The van der Waals surface area contributed by atoms with Crippen LogP contribution in [0.2, 0.25) is 0 Å². The lowest BCUT2D eigenvalue weighted by Crippen LogP contribution is -2.33. The molecule has 0 bridgehead atoms. The standard InChI is InChI=1S/C14H17N3O3S/c1-9-4-5-11(10(2)8-9)15-12(18)6-7-21-13-14(19)20-16-17(13)3/h4-5,8H,6-7H2,1-3H3,(H-,15,16,18,19)/p+1. The van der Waals surface area contributed by atoms with Gasteiger partial charge >= 0.3 is 10.7 Å². The molecule has 0 aliphatic rings. The number of H-pyrrole nitrogens is 1. The van der Waals surface area contributed by atoms with Gasteiger partial charge in [0.2, 0.25) is 5.91 Å². The number of anilines is 1. The van der Waals surface area contributed by atoms with Crippen molar-refractivity contribution >= 4 is 23.4 Å². The quantitative estimate of drug-likeness (QED) is 0.648. The van der Waals surface area contributed by atoms with E-state index in [-0.39, 0.29) is 5.91 Å². The molecule has 112 valence electrons. The van der Waals surface area contributed by atoms with Gasteiger partial charge < -0.3 is 5.32 Å². The normalized spacial score (nSPS) is 10.6. The zero-order valence-corrected chi connectivity index (χ0v) is 13.0. The van der Waals surface area contributed by atoms with E-state index in [1.807, 2.05) is 32.0 Å². The van der Waals surface area contributed by atoms with Gasteiger partial charge in [0, 0.05) is 17.9 Å². The van der Waals surface area contributed by atoms with Gasteiger partial charge in [0.05, 0.1) is 0 Å². The largest absolute Gasteiger partial charge is 0.441 e. The van der Waals surface area contributed by atoms with E-state index in [1.165, 1.54) is 16.4 Å². The van der Waals surface area contributed by atoms with Gasteiger partial charge in [0.1, 0.15) is 0 Å². The summed E-state index contributed by atoms with van der Waals surface area (Å²) in [5.74, 6) is 0.435. The van der Waals surface area contributed by atoms with E-state index in [0.29, 0.717) is 17.2 Å². The summed E-state index contributed by atoms with van der Waals surface area (Å²) in [6.07, 6.45) is 0.322. The molecule has 0 aliphatic heterocycles. The number of carbonyl (C=O) groups excluding carboxylic acids is 1. The van der Waals surface area contributed by atoms with Gasteiger partial charge in [-0.2, -0.15) is 0 Å². The highest BCUT2D eigenvalue weighted by Crippen LogP contribution is 2.17. The molecule has 0 saturated carbocycles. The number of rotatable bonds is 5. The molecule has 2 aromatic rings. The molecule has 21 heavy (non-hydrogen) atoms. The van der Waals surface area contributed by atoms with Crippen LogP contribution in [0, 0.1) is 13.8 Å². The highest BCUT2D eigenvalue weighted by Gasteiger charge is 2.18. The van der Waals surface area contributed by atoms with Crippen molar-refractivity contribution < 1.29 is 14.0 Å². The molecule has 0 radical (unpaired) electrons. The van der Waals surface area contributed by atoms with Crippen LogP contribution in [0.4, 0.5) is 5.69 Å². The van der Waals surface area contributed by atoms with Crippen LogP contribution in [-0.4, -0.2) is 16.9 Å². The third kappa shape index (κ3) is 3.98. The van der Waals surface area contributed by atoms with Gasteiger partial charge in [0.15, 0.2) is 7.05 Å². The second-order valence-corrected chi connectivity index (χ2v) is 5.89. The van der Waals surface area contributed by atoms with Crippen molar-refractivity contribution in [3.63, 3.8) is 0 Å². The van der Waals surface area contributed by atoms with E-state index in [0.717, 1.165) is 16.8 Å². The number of thioether (sulfide) groups is 1. The van der Waals surface area contributed by atoms with E-state index < -0.39 is 5.63 Å². The predicted octanol–water partition coefficient (Wildman–Crippen LogP) is 1.53. The minimum Gasteiger partial charge on any atom is -0.326 e. The molecule has 6 nitrogen and oxygen atoms in total. The Labute approximate surface area is 126 Å². The predicted molar refractivity (Wildman–Crippen MR) is 80.4 cm³/mol. The van der Waals surface area contributed by atoms with Crippen LogP contribution in [0.5, 0.6) is 0 Å². The van der Waals surface area contributed by atoms with E-state index in [4.69, 9.17) is 0 Å². The zero-order valence-electron chi connectivity index (χ0n) is 12.2. The van der Waals surface area contributed by atoms with Crippen LogP contribution in [0.3, 0.4) is 0 Å². The second-order valence-electron chi connectivity index (χ2n) is 4.81. The van der Waals surface area contributed by atoms with Crippen molar-refractivity contribution in [1.29, 1.82) is 0 Å². The first-order valence-corrected chi connectivity index (χ1v) is 7.53. The SMILES string of the molecule is Cc1ccc(NC(=O)CCSc2c(=O)o[nH][n+]2C)c(C)c1. The molecule has 7 heteroatoms. The summed E-state index contributed by atoms with van der Waals surface area (Å²) in [5.41, 5.74) is 2.60. The van der Waals surface area contributed by atoms with Crippen LogP contribution in [0.1, 0.15) is 17.5 Å². The lowest BCUT2D eigenvalue weighted by molar-refractivity contribution is -0.772. The minimum atomic E-state index is -0.419. The molecule has 1 aromatic carbocycles. The Balaban J connectivity index is 1.87. The van der Waals surface area contributed by atoms with E-state index in [1.54, 1.807) is 7.05 Å². The van der Waals surface area contributed by atoms with E-state index >= 15 is 0 Å². The third-order valence-corrected chi connectivity index (χ3v) is 4.10. The molecule has 1 amide bonds. The minimum absolute atomic E-state index is 0.0722. The van der Waals surface area contributed by atoms with Crippen LogP contribution in [0.15, 0.2) is 32.5 Å². The third-order valence-electron chi connectivity index (χ3n) is 2.98. The van der Waals surface area contributed by atoms with Crippen LogP contribution in [0.25, 0.3) is 0 Å². The Morgan fingerprint density at radius 1 is 1.43 bits per heavy atom. The number of carbonyl (C=O) groups is 1. The number of nitrogens with zero attached hydrogens (tertiary/aromatic N) is 1. The summed E-state index contributed by atoms with van der Waals surface area (Å²) in [5, 5.41) is 5.77. The van der Waals surface area contributed by atoms with Crippen molar-refractivity contribution in [3.8, 4) is 0 Å². The molecule has 0 spiro atoms. The van der Waals surface area contributed by atoms with Crippen LogP contribution >= 0.6 is 11.8 Å². The number of aryl methyl sites for hydroxylation is 3. The fraction of sp³-hybridized carbons (Fsp3) is 0.357. The van der Waals surface area contributed by atoms with Gasteiger partial charge in [-0.1, -0.05) is 22.4 Å². The van der Waals surface area contributed by atoms with E-state index in [2.05, 4.69) is 15.1 Å². The lowest BCUT2D eigenvalue weighted by Gasteiger charge is -2.08. The molecule has 2 rings (SSSR count). The molecule has 2 N–H and O–H groups in total. The Morgan fingerprint density at radius 3 is 2.81 bits per heavy atom. The maximum atomic E-state index is 11.9. The Morgan fingerprint density at radius 2 is 2.19 bits per heavy atom. The van der Waals surface area contributed by atoms with Gasteiger partial charge in [-0.05, 0) is 42.5 Å². The summed E-state index contributed by atoms with van der Waals surface area (Å²) in [7, 11) is 1.68. The van der Waals surface area contributed by atoms with Crippen molar-refractivity contribution in [2.75, 3.05) is 11.1 Å². The fourth-order valence-electron chi connectivity index (χ4n) is 1.89. The summed E-state index contributed by atoms with van der Waals surface area (Å²) in [4.78, 5) is 23.3. The zero-order chi connectivity index (χ0) is 15.4. The molecular weight excluding hydrogens is 290 g/mol. The number of nitrogens with one attached hydrogen (secondary N) is 2. The topological polar surface area (TPSA) is 79.0 Å². The van der Waals surface area contributed by atoms with Gasteiger partial charge in [-0.25, -0.2) is 4.79 Å². The maximum Gasteiger partial charge on any atom is 0.441 e. The fourth-order valence-corrected chi connectivity index (χ4v) is 2.77. The van der Waals surface area contributed by atoms with Gasteiger partial charge in [-0.15, -0.1) is 0 Å². The Bertz CT molecular complexity index is 706. The number of aromatic nitrogens is 2. The lowest BCUT2D eigenvalue weighted by atomic mass is 10.1. The number of hydrogen-bond donors (Lipinski definition) is 2. The van der Waals surface area contributed by atoms with Crippen LogP contribution in [-0.2, 0) is 11.8 Å². The van der Waals surface area contributed by atoms with Crippen molar-refractivity contribution in [1.82, 2.24) is 5.27 Å². The van der Waals surface area contributed by atoms with Crippen LogP contribution < -0.4 is 15.6 Å². The number of benzene rings is 1. The van der Waals surface area contributed by atoms with Crippen molar-refractivity contribution in [2.24, 2.45) is 7.05 Å². The van der Waals surface area contributed by atoms with Crippen molar-refractivity contribution in [3.05, 3.63) is 39.7 Å². The molecule has 0 fully saturated rings. The summed E-state index contributed by atoms with van der Waals surface area (Å²) in [6.45, 7) is 3.97. The van der Waals surface area contributed by atoms with Gasteiger partial charge in [-0.3, -0.25) is 9.32 Å². The maximum absolute atomic E-state index is 11.9. The number of aromatic amines is 1.